The van der Waals surface area contributed by atoms with Gasteiger partial charge < -0.3 is 11.1 Å². The lowest BCUT2D eigenvalue weighted by Gasteiger charge is -2.15. The summed E-state index contributed by atoms with van der Waals surface area (Å²) in [4.78, 5) is 36.8. The van der Waals surface area contributed by atoms with Gasteiger partial charge in [0.15, 0.2) is 11.6 Å². The Morgan fingerprint density at radius 3 is 2.70 bits per heavy atom. The topological polar surface area (TPSA) is 115 Å². The quantitative estimate of drug-likeness (QED) is 0.584. The smallest absolute Gasteiger partial charge is 0.299 e. The summed E-state index contributed by atoms with van der Waals surface area (Å²) < 4.78 is 1.43. The molecular formula is C22H24N6O2. The molecule has 1 amide bonds. The Balaban J connectivity index is 1.89. The van der Waals surface area contributed by atoms with Gasteiger partial charge in [0.1, 0.15) is 0 Å². The first-order valence-corrected chi connectivity index (χ1v) is 9.53. The molecule has 8 nitrogen and oxygen atoms in total. The summed E-state index contributed by atoms with van der Waals surface area (Å²) in [6, 6.07) is 11.6. The first kappa shape index (κ1) is 20.9. The van der Waals surface area contributed by atoms with Gasteiger partial charge in [0.05, 0.1) is 12.1 Å². The molecule has 1 aromatic carbocycles. The second-order valence-corrected chi connectivity index (χ2v) is 6.93. The van der Waals surface area contributed by atoms with Crippen LogP contribution in [-0.4, -0.2) is 33.7 Å². The number of nitrogens with one attached hydrogen (secondary N) is 1. The molecule has 2 aromatic heterocycles. The summed E-state index contributed by atoms with van der Waals surface area (Å²) in [7, 11) is 0. The fraction of sp³-hybridized carbons (Fsp3) is 0.227. The third-order valence-corrected chi connectivity index (χ3v) is 4.74. The number of nitrogens with zero attached hydrogens (tertiary/aromatic N) is 4. The van der Waals surface area contributed by atoms with Crippen LogP contribution in [0.4, 0.5) is 11.5 Å². The van der Waals surface area contributed by atoms with Crippen LogP contribution in [0.2, 0.25) is 0 Å². The highest BCUT2D eigenvalue weighted by Gasteiger charge is 2.16. The fourth-order valence-corrected chi connectivity index (χ4v) is 3.12. The summed E-state index contributed by atoms with van der Waals surface area (Å²) >= 11 is 0. The van der Waals surface area contributed by atoms with E-state index in [1.165, 1.54) is 4.57 Å². The lowest BCUT2D eigenvalue weighted by atomic mass is 10.1. The minimum atomic E-state index is -0.366. The molecule has 0 fully saturated rings. The summed E-state index contributed by atoms with van der Waals surface area (Å²) in [6.45, 7) is 7.32. The molecule has 0 radical (unpaired) electrons. The van der Waals surface area contributed by atoms with Crippen LogP contribution < -0.4 is 16.6 Å². The molecule has 2 heterocycles. The van der Waals surface area contributed by atoms with Crippen LogP contribution in [0.1, 0.15) is 22.5 Å². The summed E-state index contributed by atoms with van der Waals surface area (Å²) in [5.74, 6) is 0.172. The molecule has 0 aliphatic heterocycles. The third-order valence-electron chi connectivity index (χ3n) is 4.74. The largest absolute Gasteiger partial charge is 0.396 e. The number of aromatic nitrogens is 3. The van der Waals surface area contributed by atoms with Crippen LogP contribution in [-0.2, 0) is 17.6 Å². The molecule has 0 saturated carbocycles. The lowest BCUT2D eigenvalue weighted by molar-refractivity contribution is -0.117. The Bertz CT molecular complexity index is 1140. The van der Waals surface area contributed by atoms with Crippen molar-refractivity contribution in [2.24, 2.45) is 4.99 Å². The molecule has 154 valence electrons. The molecule has 0 atom stereocenters. The molecule has 3 aromatic rings. The van der Waals surface area contributed by atoms with Crippen LogP contribution in [0.5, 0.6) is 0 Å². The average Bonchev–Trinajstić information content (AvgIpc) is 2.73. The third kappa shape index (κ3) is 4.60. The molecule has 3 N–H and O–H groups in total. The maximum Gasteiger partial charge on any atom is 0.299 e. The number of pyridine rings is 1. The molecule has 30 heavy (non-hydrogen) atoms. The molecule has 0 saturated heterocycles. The van der Waals surface area contributed by atoms with E-state index in [1.807, 2.05) is 30.3 Å². The normalized spacial score (nSPS) is 10.6. The number of carbonyl (C=O) groups is 1. The molecule has 0 aliphatic carbocycles. The van der Waals surface area contributed by atoms with E-state index < -0.39 is 0 Å². The summed E-state index contributed by atoms with van der Waals surface area (Å²) in [5.41, 5.74) is 9.15. The Morgan fingerprint density at radius 2 is 2.00 bits per heavy atom. The number of anilines is 2. The number of nitrogens with two attached hydrogens (primary N) is 1. The van der Waals surface area contributed by atoms with Crippen molar-refractivity contribution in [2.45, 2.75) is 26.7 Å². The van der Waals surface area contributed by atoms with Crippen LogP contribution in [0.25, 0.3) is 5.82 Å². The Hall–Kier alpha value is -3.81. The zero-order valence-electron chi connectivity index (χ0n) is 17.1. The number of amides is 1. The van der Waals surface area contributed by atoms with E-state index in [-0.39, 0.29) is 23.7 Å². The SMILES string of the molecule is C=NC(=O)Cc1cc(N)c(-n2c(C)cnc(NCCc3ccccc3)c2=O)nc1C. The number of nitrogen functional groups attached to an aromatic ring is 1. The summed E-state index contributed by atoms with van der Waals surface area (Å²) in [6.07, 6.45) is 2.42. The maximum absolute atomic E-state index is 13.1. The summed E-state index contributed by atoms with van der Waals surface area (Å²) in [5, 5.41) is 3.10. The minimum Gasteiger partial charge on any atom is -0.396 e. The molecular weight excluding hydrogens is 380 g/mol. The van der Waals surface area contributed by atoms with E-state index in [0.29, 0.717) is 35.0 Å². The van der Waals surface area contributed by atoms with Gasteiger partial charge in [-0.15, -0.1) is 0 Å². The van der Waals surface area contributed by atoms with Crippen molar-refractivity contribution in [1.29, 1.82) is 0 Å². The molecule has 0 bridgehead atoms. The van der Waals surface area contributed by atoms with Crippen molar-refractivity contribution in [3.05, 3.63) is 75.5 Å². The van der Waals surface area contributed by atoms with Crippen molar-refractivity contribution >= 4 is 24.1 Å². The second-order valence-electron chi connectivity index (χ2n) is 6.93. The zero-order chi connectivity index (χ0) is 21.7. The van der Waals surface area contributed by atoms with E-state index in [1.54, 1.807) is 26.1 Å². The van der Waals surface area contributed by atoms with Crippen molar-refractivity contribution < 1.29 is 4.79 Å². The van der Waals surface area contributed by atoms with Crippen molar-refractivity contribution in [3.63, 3.8) is 0 Å². The highest BCUT2D eigenvalue weighted by molar-refractivity contribution is 5.83. The number of aliphatic imine (C=N–C) groups is 1. The Kier molecular flexibility index (Phi) is 6.36. The predicted molar refractivity (Wildman–Crippen MR) is 118 cm³/mol. The Labute approximate surface area is 174 Å². The van der Waals surface area contributed by atoms with Gasteiger partial charge in [-0.25, -0.2) is 15.0 Å². The highest BCUT2D eigenvalue weighted by atomic mass is 16.1. The van der Waals surface area contributed by atoms with Gasteiger partial charge in [-0.2, -0.15) is 0 Å². The molecule has 0 spiro atoms. The van der Waals surface area contributed by atoms with Crippen LogP contribution in [0, 0.1) is 13.8 Å². The number of carbonyl (C=O) groups excluding carboxylic acids is 1. The van der Waals surface area contributed by atoms with Gasteiger partial charge >= 0.3 is 0 Å². The monoisotopic (exact) mass is 404 g/mol. The van der Waals surface area contributed by atoms with Crippen molar-refractivity contribution in [2.75, 3.05) is 17.6 Å². The highest BCUT2D eigenvalue weighted by Crippen LogP contribution is 2.20. The van der Waals surface area contributed by atoms with Crippen LogP contribution in [0.3, 0.4) is 0 Å². The van der Waals surface area contributed by atoms with E-state index in [9.17, 15) is 9.59 Å². The van der Waals surface area contributed by atoms with Gasteiger partial charge in [0.25, 0.3) is 5.56 Å². The number of hydrogen-bond acceptors (Lipinski definition) is 6. The predicted octanol–water partition coefficient (Wildman–Crippen LogP) is 2.25. The van der Waals surface area contributed by atoms with Gasteiger partial charge in [0.2, 0.25) is 5.91 Å². The number of hydrogen-bond donors (Lipinski definition) is 2. The molecule has 8 heteroatoms. The van der Waals surface area contributed by atoms with Crippen LogP contribution in [0.15, 0.2) is 52.4 Å². The van der Waals surface area contributed by atoms with E-state index in [0.717, 1.165) is 12.0 Å². The van der Waals surface area contributed by atoms with Gasteiger partial charge in [0, 0.05) is 24.1 Å². The number of benzene rings is 1. The van der Waals surface area contributed by atoms with Crippen molar-refractivity contribution in [3.8, 4) is 5.82 Å². The zero-order valence-corrected chi connectivity index (χ0v) is 17.1. The van der Waals surface area contributed by atoms with E-state index in [2.05, 4.69) is 27.0 Å². The van der Waals surface area contributed by atoms with Gasteiger partial charge in [-0.05, 0) is 44.2 Å². The molecule has 0 aliphatic rings. The Morgan fingerprint density at radius 1 is 1.27 bits per heavy atom. The van der Waals surface area contributed by atoms with E-state index >= 15 is 0 Å². The number of rotatable bonds is 7. The molecule has 3 rings (SSSR count). The first-order chi connectivity index (χ1) is 14.4. The average molecular weight is 404 g/mol. The van der Waals surface area contributed by atoms with Crippen molar-refractivity contribution in [1.82, 2.24) is 14.5 Å². The van der Waals surface area contributed by atoms with Gasteiger partial charge in [-0.3, -0.25) is 14.2 Å². The first-order valence-electron chi connectivity index (χ1n) is 9.53. The molecule has 0 unspecified atom stereocenters. The second kappa shape index (κ2) is 9.13. The van der Waals surface area contributed by atoms with Crippen LogP contribution >= 0.6 is 0 Å². The van der Waals surface area contributed by atoms with Gasteiger partial charge in [-0.1, -0.05) is 30.3 Å². The fourth-order valence-electron chi connectivity index (χ4n) is 3.12. The lowest BCUT2D eigenvalue weighted by Crippen LogP contribution is -2.27. The minimum absolute atomic E-state index is 0.0589. The van der Waals surface area contributed by atoms with E-state index in [4.69, 9.17) is 5.73 Å². The number of aryl methyl sites for hydroxylation is 2. The maximum atomic E-state index is 13.1. The standard InChI is InChI=1S/C22H24N6O2/c1-14-13-26-20(25-10-9-16-7-5-4-6-8-16)22(30)28(14)21-18(23)11-17(15(2)27-21)12-19(29)24-3/h4-8,11,13H,3,9-10,12,23H2,1-2H3,(H,25,26).